The van der Waals surface area contributed by atoms with Gasteiger partial charge in [-0.25, -0.2) is 9.59 Å². The molecule has 0 radical (unpaired) electrons. The van der Waals surface area contributed by atoms with E-state index in [9.17, 15) is 19.6 Å². The molecule has 154 valence electrons. The number of nitrogens with zero attached hydrogens (tertiary/aromatic N) is 1. The number of aliphatic carboxylic acids is 1. The number of carbonyl (C=O) groups is 3. The van der Waals surface area contributed by atoms with Gasteiger partial charge in [-0.05, 0) is 57.9 Å². The highest BCUT2D eigenvalue weighted by Gasteiger charge is 2.15. The van der Waals surface area contributed by atoms with Crippen LogP contribution in [0.3, 0.4) is 0 Å². The Bertz CT molecular complexity index is 1070. The summed E-state index contributed by atoms with van der Waals surface area (Å²) in [4.78, 5) is 34.2. The number of nitrogens with one attached hydrogen (secondary N) is 1. The van der Waals surface area contributed by atoms with Crippen molar-refractivity contribution >= 4 is 45.5 Å². The Hall–Kier alpha value is -3.84. The van der Waals surface area contributed by atoms with Gasteiger partial charge in [0.25, 0.3) is 5.91 Å². The second-order valence-electron chi connectivity index (χ2n) is 5.73. The number of ether oxygens (including phenoxy) is 2. The predicted octanol–water partition coefficient (Wildman–Crippen LogP) is 3.16. The zero-order valence-corrected chi connectivity index (χ0v) is 17.1. The summed E-state index contributed by atoms with van der Waals surface area (Å²) in [5, 5.41) is 29.6. The van der Waals surface area contributed by atoms with Gasteiger partial charge in [-0.1, -0.05) is 6.07 Å². The number of hydrogen-bond donors (Lipinski definition) is 3. The van der Waals surface area contributed by atoms with E-state index >= 15 is 0 Å². The number of carboxylic acids is 2. The smallest absolute Gasteiger partial charge is 0.341 e. The maximum absolute atomic E-state index is 12.4. The molecule has 0 saturated carbocycles. The molecule has 0 bridgehead atoms. The average molecular weight is 475 g/mol. The van der Waals surface area contributed by atoms with Gasteiger partial charge in [0, 0.05) is 5.69 Å². The monoisotopic (exact) mass is 474 g/mol. The third-order valence-electron chi connectivity index (χ3n) is 3.64. The van der Waals surface area contributed by atoms with Crippen molar-refractivity contribution in [2.45, 2.75) is 0 Å². The van der Waals surface area contributed by atoms with E-state index in [1.165, 1.54) is 49.6 Å². The topological polar surface area (TPSA) is 146 Å². The first-order valence-corrected chi connectivity index (χ1v) is 9.03. The first-order chi connectivity index (χ1) is 14.2. The standard InChI is InChI=1S/C20H15BrN2O7/c1-29-16-7-11(6-15(21)18(16)30-10-17(24)25)5-13(9-22)19(26)23-14-4-2-3-12(8-14)20(27)28/h2-8H,10H2,1H3,(H,23,26)(H,24,25)(H,27,28)/b13-5-. The lowest BCUT2D eigenvalue weighted by atomic mass is 10.1. The van der Waals surface area contributed by atoms with Crippen LogP contribution in [-0.2, 0) is 9.59 Å². The number of hydrogen-bond acceptors (Lipinski definition) is 6. The van der Waals surface area contributed by atoms with Crippen LogP contribution >= 0.6 is 15.9 Å². The SMILES string of the molecule is COc1cc(/C=C(/C#N)C(=O)Nc2cccc(C(=O)O)c2)cc(Br)c1OCC(=O)O. The van der Waals surface area contributed by atoms with Gasteiger partial charge in [0.2, 0.25) is 0 Å². The number of aromatic carboxylic acids is 1. The van der Waals surface area contributed by atoms with Crippen molar-refractivity contribution in [3.63, 3.8) is 0 Å². The van der Waals surface area contributed by atoms with Gasteiger partial charge in [0.1, 0.15) is 11.6 Å². The summed E-state index contributed by atoms with van der Waals surface area (Å²) < 4.78 is 10.7. The van der Waals surface area contributed by atoms with E-state index in [-0.39, 0.29) is 28.3 Å². The maximum atomic E-state index is 12.4. The van der Waals surface area contributed by atoms with Gasteiger partial charge in [-0.2, -0.15) is 5.26 Å². The van der Waals surface area contributed by atoms with Crippen molar-refractivity contribution in [3.8, 4) is 17.6 Å². The number of halogens is 1. The highest BCUT2D eigenvalue weighted by atomic mass is 79.9. The minimum Gasteiger partial charge on any atom is -0.493 e. The largest absolute Gasteiger partial charge is 0.493 e. The Kier molecular flexibility index (Phi) is 7.55. The van der Waals surface area contributed by atoms with Gasteiger partial charge in [-0.3, -0.25) is 4.79 Å². The fourth-order valence-corrected chi connectivity index (χ4v) is 2.91. The number of carbonyl (C=O) groups excluding carboxylic acids is 1. The molecule has 0 aliphatic rings. The first kappa shape index (κ1) is 22.4. The molecule has 0 saturated heterocycles. The minimum atomic E-state index is -1.16. The lowest BCUT2D eigenvalue weighted by molar-refractivity contribution is -0.139. The molecule has 10 heteroatoms. The van der Waals surface area contributed by atoms with Crippen LogP contribution in [0.1, 0.15) is 15.9 Å². The molecule has 2 rings (SSSR count). The van der Waals surface area contributed by atoms with Crippen molar-refractivity contribution in [2.75, 3.05) is 19.0 Å². The summed E-state index contributed by atoms with van der Waals surface area (Å²) in [6, 6.07) is 10.4. The normalized spacial score (nSPS) is 10.6. The second kappa shape index (κ2) is 10.1. The molecule has 0 fully saturated rings. The van der Waals surface area contributed by atoms with E-state index in [1.807, 2.05) is 0 Å². The van der Waals surface area contributed by atoms with Crippen molar-refractivity contribution in [1.82, 2.24) is 0 Å². The molecule has 0 atom stereocenters. The zero-order chi connectivity index (χ0) is 22.3. The summed E-state index contributed by atoms with van der Waals surface area (Å²) in [6.45, 7) is -0.578. The molecule has 0 aromatic heterocycles. The molecule has 0 aliphatic carbocycles. The van der Waals surface area contributed by atoms with Crippen LogP contribution in [0.5, 0.6) is 11.5 Å². The number of carboxylic acid groups (broad SMARTS) is 2. The Morgan fingerprint density at radius 1 is 1.23 bits per heavy atom. The first-order valence-electron chi connectivity index (χ1n) is 8.23. The molecule has 0 aliphatic heterocycles. The molecule has 0 unspecified atom stereocenters. The van der Waals surface area contributed by atoms with Gasteiger partial charge < -0.3 is 25.0 Å². The molecule has 30 heavy (non-hydrogen) atoms. The fourth-order valence-electron chi connectivity index (χ4n) is 2.34. The van der Waals surface area contributed by atoms with E-state index in [0.29, 0.717) is 10.0 Å². The van der Waals surface area contributed by atoms with Gasteiger partial charge in [0.05, 0.1) is 17.1 Å². The van der Waals surface area contributed by atoms with Crippen molar-refractivity contribution < 1.29 is 34.1 Å². The number of methoxy groups -OCH3 is 1. The fraction of sp³-hybridized carbons (Fsp3) is 0.100. The molecule has 0 spiro atoms. The molecule has 0 heterocycles. The zero-order valence-electron chi connectivity index (χ0n) is 15.5. The van der Waals surface area contributed by atoms with Crippen LogP contribution < -0.4 is 14.8 Å². The third kappa shape index (κ3) is 5.83. The molecule has 2 aromatic rings. The predicted molar refractivity (Wildman–Crippen MR) is 109 cm³/mol. The molecule has 3 N–H and O–H groups in total. The van der Waals surface area contributed by atoms with E-state index < -0.39 is 24.5 Å². The van der Waals surface area contributed by atoms with Crippen LogP contribution in [-0.4, -0.2) is 41.8 Å². The van der Waals surface area contributed by atoms with E-state index in [0.717, 1.165) is 0 Å². The van der Waals surface area contributed by atoms with Gasteiger partial charge in [-0.15, -0.1) is 0 Å². The van der Waals surface area contributed by atoms with Crippen LogP contribution in [0, 0.1) is 11.3 Å². The minimum absolute atomic E-state index is 0.0131. The lowest BCUT2D eigenvalue weighted by Gasteiger charge is -2.12. The Morgan fingerprint density at radius 3 is 2.57 bits per heavy atom. The lowest BCUT2D eigenvalue weighted by Crippen LogP contribution is -2.14. The summed E-state index contributed by atoms with van der Waals surface area (Å²) in [6.07, 6.45) is 1.30. The van der Waals surface area contributed by atoms with Crippen LogP contribution in [0.15, 0.2) is 46.4 Å². The second-order valence-corrected chi connectivity index (χ2v) is 6.58. The highest BCUT2D eigenvalue weighted by molar-refractivity contribution is 9.10. The summed E-state index contributed by atoms with van der Waals surface area (Å²) in [5.74, 6) is -2.69. The van der Waals surface area contributed by atoms with Crippen molar-refractivity contribution in [1.29, 1.82) is 5.26 Å². The summed E-state index contributed by atoms with van der Waals surface area (Å²) in [7, 11) is 1.36. The molecule has 9 nitrogen and oxygen atoms in total. The van der Waals surface area contributed by atoms with E-state index in [2.05, 4.69) is 21.2 Å². The number of anilines is 1. The molecule has 2 aromatic carbocycles. The summed E-state index contributed by atoms with van der Waals surface area (Å²) in [5.41, 5.74) is 0.370. The van der Waals surface area contributed by atoms with Gasteiger partial charge >= 0.3 is 11.9 Å². The number of amides is 1. The molecule has 1 amide bonds. The Labute approximate surface area is 179 Å². The summed E-state index contributed by atoms with van der Waals surface area (Å²) >= 11 is 3.25. The van der Waals surface area contributed by atoms with Crippen LogP contribution in [0.4, 0.5) is 5.69 Å². The van der Waals surface area contributed by atoms with Crippen LogP contribution in [0.25, 0.3) is 6.08 Å². The highest BCUT2D eigenvalue weighted by Crippen LogP contribution is 2.37. The molecular weight excluding hydrogens is 460 g/mol. The Morgan fingerprint density at radius 2 is 1.97 bits per heavy atom. The average Bonchev–Trinajstić information content (AvgIpc) is 2.70. The van der Waals surface area contributed by atoms with E-state index in [4.69, 9.17) is 19.7 Å². The van der Waals surface area contributed by atoms with Gasteiger partial charge in [0.15, 0.2) is 18.1 Å². The third-order valence-corrected chi connectivity index (χ3v) is 4.22. The van der Waals surface area contributed by atoms with E-state index in [1.54, 1.807) is 6.07 Å². The number of nitriles is 1. The quantitative estimate of drug-likeness (QED) is 0.390. The maximum Gasteiger partial charge on any atom is 0.341 e. The molecular formula is C20H15BrN2O7. The number of rotatable bonds is 8. The van der Waals surface area contributed by atoms with Crippen molar-refractivity contribution in [3.05, 3.63) is 57.6 Å². The van der Waals surface area contributed by atoms with Crippen molar-refractivity contribution in [2.24, 2.45) is 0 Å². The van der Waals surface area contributed by atoms with Crippen LogP contribution in [0.2, 0.25) is 0 Å². The number of benzene rings is 2. The Balaban J connectivity index is 2.30.